The van der Waals surface area contributed by atoms with Gasteiger partial charge in [-0.1, -0.05) is 24.3 Å². The highest BCUT2D eigenvalue weighted by Crippen LogP contribution is 2.36. The van der Waals surface area contributed by atoms with Crippen molar-refractivity contribution in [1.29, 1.82) is 0 Å². The number of hydrogen-bond acceptors (Lipinski definition) is 5. The molecular weight excluding hydrogens is 379 g/mol. The smallest absolute Gasteiger partial charge is 0.278 e. The number of piperidine rings is 1. The SMILES string of the molecule is O=C1C(c2cccs2)=C(N2CCCC(CO)C2)C(=O)N1Cc1ccccc1F. The highest BCUT2D eigenvalue weighted by molar-refractivity contribution is 7.11. The van der Waals surface area contributed by atoms with Gasteiger partial charge in [-0.2, -0.15) is 0 Å². The molecule has 0 radical (unpaired) electrons. The van der Waals surface area contributed by atoms with E-state index in [9.17, 15) is 19.1 Å². The van der Waals surface area contributed by atoms with E-state index in [1.54, 1.807) is 18.2 Å². The lowest BCUT2D eigenvalue weighted by Gasteiger charge is -2.34. The summed E-state index contributed by atoms with van der Waals surface area (Å²) in [7, 11) is 0. The number of amides is 2. The molecule has 2 aromatic rings. The number of carbonyl (C=O) groups excluding carboxylic acids is 2. The van der Waals surface area contributed by atoms with Gasteiger partial charge in [0.2, 0.25) is 0 Å². The third-order valence-electron chi connectivity index (χ3n) is 5.29. The van der Waals surface area contributed by atoms with E-state index in [0.29, 0.717) is 29.9 Å². The topological polar surface area (TPSA) is 60.9 Å². The lowest BCUT2D eigenvalue weighted by Crippen LogP contribution is -2.40. The lowest BCUT2D eigenvalue weighted by molar-refractivity contribution is -0.138. The van der Waals surface area contributed by atoms with Gasteiger partial charge in [0.05, 0.1) is 12.1 Å². The zero-order valence-electron chi connectivity index (χ0n) is 15.3. The van der Waals surface area contributed by atoms with Crippen molar-refractivity contribution in [3.8, 4) is 0 Å². The van der Waals surface area contributed by atoms with Crippen LogP contribution >= 0.6 is 11.3 Å². The van der Waals surface area contributed by atoms with Crippen molar-refractivity contribution in [2.75, 3.05) is 19.7 Å². The van der Waals surface area contributed by atoms with E-state index in [1.807, 2.05) is 22.4 Å². The van der Waals surface area contributed by atoms with Crippen LogP contribution in [-0.4, -0.2) is 46.4 Å². The Balaban J connectivity index is 1.71. The summed E-state index contributed by atoms with van der Waals surface area (Å²) in [4.78, 5) is 30.2. The summed E-state index contributed by atoms with van der Waals surface area (Å²) in [6.07, 6.45) is 1.75. The number of nitrogens with zero attached hydrogens (tertiary/aromatic N) is 2. The van der Waals surface area contributed by atoms with E-state index in [1.165, 1.54) is 17.4 Å². The Hall–Kier alpha value is -2.51. The van der Waals surface area contributed by atoms with Gasteiger partial charge in [-0.15, -0.1) is 11.3 Å². The summed E-state index contributed by atoms with van der Waals surface area (Å²) in [5.74, 6) is -1.14. The summed E-state index contributed by atoms with van der Waals surface area (Å²) >= 11 is 1.40. The normalized spacial score (nSPS) is 20.4. The Morgan fingerprint density at radius 1 is 1.14 bits per heavy atom. The molecular formula is C21H21FN2O3S. The minimum absolute atomic E-state index is 0.0548. The van der Waals surface area contributed by atoms with Gasteiger partial charge in [0.25, 0.3) is 11.8 Å². The Morgan fingerprint density at radius 2 is 1.96 bits per heavy atom. The highest BCUT2D eigenvalue weighted by Gasteiger charge is 2.43. The number of aliphatic hydroxyl groups is 1. The standard InChI is InChI=1S/C21H21FN2O3S/c22-16-7-2-1-6-15(16)12-24-20(26)18(17-8-4-10-28-17)19(21(24)27)23-9-3-5-14(11-23)13-25/h1-2,4,6-8,10,14,25H,3,5,9,11-13H2. The second-order valence-electron chi connectivity index (χ2n) is 7.13. The molecule has 2 aliphatic rings. The Bertz CT molecular complexity index is 925. The van der Waals surface area contributed by atoms with Crippen molar-refractivity contribution >= 4 is 28.7 Å². The number of benzene rings is 1. The average Bonchev–Trinajstić information content (AvgIpc) is 3.32. The van der Waals surface area contributed by atoms with E-state index in [-0.39, 0.29) is 19.1 Å². The molecule has 1 aromatic carbocycles. The van der Waals surface area contributed by atoms with Crippen molar-refractivity contribution < 1.29 is 19.1 Å². The molecule has 5 nitrogen and oxygen atoms in total. The van der Waals surface area contributed by atoms with Crippen molar-refractivity contribution in [2.45, 2.75) is 19.4 Å². The number of hydrogen-bond donors (Lipinski definition) is 1. The van der Waals surface area contributed by atoms with Crippen LogP contribution < -0.4 is 0 Å². The fraction of sp³-hybridized carbons (Fsp3) is 0.333. The van der Waals surface area contributed by atoms with Crippen LogP contribution in [0.1, 0.15) is 23.3 Å². The third-order valence-corrected chi connectivity index (χ3v) is 6.18. The van der Waals surface area contributed by atoms with E-state index in [4.69, 9.17) is 0 Å². The molecule has 1 atom stereocenters. The van der Waals surface area contributed by atoms with Crippen LogP contribution in [-0.2, 0) is 16.1 Å². The molecule has 1 aromatic heterocycles. The fourth-order valence-electron chi connectivity index (χ4n) is 3.86. The van der Waals surface area contributed by atoms with Gasteiger partial charge < -0.3 is 10.0 Å². The molecule has 146 valence electrons. The largest absolute Gasteiger partial charge is 0.396 e. The van der Waals surface area contributed by atoms with Crippen LogP contribution in [0.2, 0.25) is 0 Å². The van der Waals surface area contributed by atoms with E-state index in [2.05, 4.69) is 0 Å². The average molecular weight is 400 g/mol. The van der Waals surface area contributed by atoms with E-state index in [0.717, 1.165) is 22.6 Å². The molecule has 0 bridgehead atoms. The first-order chi connectivity index (χ1) is 13.6. The molecule has 1 N–H and O–H groups in total. The molecule has 2 aliphatic heterocycles. The number of thiophene rings is 1. The first kappa shape index (κ1) is 18.8. The van der Waals surface area contributed by atoms with Crippen LogP contribution in [0.4, 0.5) is 4.39 Å². The molecule has 0 saturated carbocycles. The highest BCUT2D eigenvalue weighted by atomic mass is 32.1. The van der Waals surface area contributed by atoms with Gasteiger partial charge in [-0.3, -0.25) is 14.5 Å². The van der Waals surface area contributed by atoms with Crippen LogP contribution in [0.15, 0.2) is 47.5 Å². The number of aliphatic hydroxyl groups excluding tert-OH is 1. The van der Waals surface area contributed by atoms with Crippen LogP contribution in [0.25, 0.3) is 5.57 Å². The number of carbonyl (C=O) groups is 2. The maximum atomic E-state index is 14.1. The maximum Gasteiger partial charge on any atom is 0.278 e. The number of halogens is 1. The predicted octanol–water partition coefficient (Wildman–Crippen LogP) is 2.87. The molecule has 0 spiro atoms. The summed E-state index contributed by atoms with van der Waals surface area (Å²) in [6, 6.07) is 9.84. The molecule has 2 amide bonds. The van der Waals surface area contributed by atoms with Crippen LogP contribution in [0.3, 0.4) is 0 Å². The van der Waals surface area contributed by atoms with Gasteiger partial charge >= 0.3 is 0 Å². The monoisotopic (exact) mass is 400 g/mol. The van der Waals surface area contributed by atoms with Gasteiger partial charge in [0.1, 0.15) is 11.5 Å². The zero-order chi connectivity index (χ0) is 19.7. The molecule has 4 rings (SSSR count). The summed E-state index contributed by atoms with van der Waals surface area (Å²) in [5, 5.41) is 11.4. The maximum absolute atomic E-state index is 14.1. The number of rotatable bonds is 5. The zero-order valence-corrected chi connectivity index (χ0v) is 16.1. The number of likely N-dealkylation sites (tertiary alicyclic amines) is 1. The van der Waals surface area contributed by atoms with Gasteiger partial charge in [-0.25, -0.2) is 4.39 Å². The molecule has 28 heavy (non-hydrogen) atoms. The lowest BCUT2D eigenvalue weighted by atomic mass is 9.98. The summed E-state index contributed by atoms with van der Waals surface area (Å²) in [6.45, 7) is 1.15. The molecule has 1 saturated heterocycles. The number of imide groups is 1. The minimum Gasteiger partial charge on any atom is -0.396 e. The second kappa shape index (κ2) is 7.85. The molecule has 7 heteroatoms. The molecule has 3 heterocycles. The Morgan fingerprint density at radius 3 is 2.68 bits per heavy atom. The fourth-order valence-corrected chi connectivity index (χ4v) is 4.62. The van der Waals surface area contributed by atoms with Gasteiger partial charge in [0.15, 0.2) is 0 Å². The van der Waals surface area contributed by atoms with Crippen molar-refractivity contribution in [2.24, 2.45) is 5.92 Å². The van der Waals surface area contributed by atoms with Crippen molar-refractivity contribution in [3.63, 3.8) is 0 Å². The Labute approximate surface area is 166 Å². The quantitative estimate of drug-likeness (QED) is 0.784. The molecule has 0 aliphatic carbocycles. The molecule has 1 fully saturated rings. The Kier molecular flexibility index (Phi) is 5.28. The van der Waals surface area contributed by atoms with Crippen LogP contribution in [0.5, 0.6) is 0 Å². The summed E-state index contributed by atoms with van der Waals surface area (Å²) in [5.41, 5.74) is 1.07. The van der Waals surface area contributed by atoms with E-state index < -0.39 is 17.6 Å². The minimum atomic E-state index is -0.437. The van der Waals surface area contributed by atoms with Crippen molar-refractivity contribution in [3.05, 3.63) is 63.7 Å². The first-order valence-electron chi connectivity index (χ1n) is 9.33. The van der Waals surface area contributed by atoms with Crippen LogP contribution in [0, 0.1) is 11.7 Å². The first-order valence-corrected chi connectivity index (χ1v) is 10.2. The van der Waals surface area contributed by atoms with Crippen molar-refractivity contribution in [1.82, 2.24) is 9.80 Å². The van der Waals surface area contributed by atoms with Gasteiger partial charge in [0, 0.05) is 30.1 Å². The van der Waals surface area contributed by atoms with E-state index >= 15 is 0 Å². The predicted molar refractivity (Wildman–Crippen MR) is 105 cm³/mol. The summed E-state index contributed by atoms with van der Waals surface area (Å²) < 4.78 is 14.1. The second-order valence-corrected chi connectivity index (χ2v) is 8.07. The third kappa shape index (κ3) is 3.36. The van der Waals surface area contributed by atoms with Gasteiger partial charge in [-0.05, 0) is 36.3 Å². The molecule has 1 unspecified atom stereocenters.